The summed E-state index contributed by atoms with van der Waals surface area (Å²) in [6.07, 6.45) is 0. The molecule has 0 aliphatic carbocycles. The van der Waals surface area contributed by atoms with Crippen LogP contribution in [0.15, 0.2) is 22.5 Å². The predicted molar refractivity (Wildman–Crippen MR) is 99.2 cm³/mol. The molecule has 23 heavy (non-hydrogen) atoms. The maximum absolute atomic E-state index is 11.5. The zero-order valence-corrected chi connectivity index (χ0v) is 15.7. The Bertz CT molecular complexity index is 495. The Morgan fingerprint density at radius 2 is 1.96 bits per heavy atom. The van der Waals surface area contributed by atoms with E-state index in [1.807, 2.05) is 20.8 Å². The molecule has 0 fully saturated rings. The van der Waals surface area contributed by atoms with Crippen LogP contribution in [0.2, 0.25) is 0 Å². The summed E-state index contributed by atoms with van der Waals surface area (Å²) in [5, 5.41) is 11.5. The second-order valence-electron chi connectivity index (χ2n) is 6.43. The second kappa shape index (κ2) is 9.55. The van der Waals surface area contributed by atoms with Crippen LogP contribution in [0.1, 0.15) is 39.5 Å². The van der Waals surface area contributed by atoms with Gasteiger partial charge in [-0.3, -0.25) is 9.79 Å². The molecule has 0 spiro atoms. The van der Waals surface area contributed by atoms with Crippen molar-refractivity contribution in [1.29, 1.82) is 0 Å². The first kappa shape index (κ1) is 19.5. The van der Waals surface area contributed by atoms with Gasteiger partial charge in [0, 0.05) is 35.8 Å². The first-order valence-corrected chi connectivity index (χ1v) is 9.08. The van der Waals surface area contributed by atoms with Crippen molar-refractivity contribution in [3.8, 4) is 0 Å². The van der Waals surface area contributed by atoms with Crippen LogP contribution in [0.4, 0.5) is 0 Å². The Labute approximate surface area is 144 Å². The number of hydrogen-bond donors (Lipinski definition) is 3. The highest BCUT2D eigenvalue weighted by Crippen LogP contribution is 2.27. The standard InChI is InChI=1S/C17H30N4OS/c1-6-18-16(20-10-9-19-15(22)13(2)3)21-12-17(4,5)14-8-7-11-23-14/h7-8,11,13H,6,9-10,12H2,1-5H3,(H,19,22)(H2,18,20,21). The highest BCUT2D eigenvalue weighted by molar-refractivity contribution is 7.10. The monoisotopic (exact) mass is 338 g/mol. The number of aliphatic imine (C=N–C) groups is 1. The van der Waals surface area contributed by atoms with Gasteiger partial charge in [0.15, 0.2) is 5.96 Å². The minimum Gasteiger partial charge on any atom is -0.357 e. The molecule has 130 valence electrons. The van der Waals surface area contributed by atoms with Crippen molar-refractivity contribution in [2.45, 2.75) is 40.0 Å². The van der Waals surface area contributed by atoms with Gasteiger partial charge in [0.2, 0.25) is 5.91 Å². The van der Waals surface area contributed by atoms with Gasteiger partial charge in [0.05, 0.1) is 6.54 Å². The van der Waals surface area contributed by atoms with E-state index in [1.165, 1.54) is 4.88 Å². The molecule has 1 aromatic rings. The molecule has 0 unspecified atom stereocenters. The number of nitrogens with zero attached hydrogens (tertiary/aromatic N) is 1. The number of carbonyl (C=O) groups is 1. The summed E-state index contributed by atoms with van der Waals surface area (Å²) in [5.74, 6) is 0.881. The fourth-order valence-corrected chi connectivity index (χ4v) is 2.78. The molecule has 0 aromatic carbocycles. The van der Waals surface area contributed by atoms with Crippen LogP contribution in [0.5, 0.6) is 0 Å². The lowest BCUT2D eigenvalue weighted by Gasteiger charge is -2.22. The number of rotatable bonds is 8. The molecular formula is C17H30N4OS. The van der Waals surface area contributed by atoms with Gasteiger partial charge in [-0.1, -0.05) is 33.8 Å². The van der Waals surface area contributed by atoms with Crippen molar-refractivity contribution in [1.82, 2.24) is 16.0 Å². The van der Waals surface area contributed by atoms with Gasteiger partial charge in [0.25, 0.3) is 0 Å². The van der Waals surface area contributed by atoms with Crippen LogP contribution in [0.3, 0.4) is 0 Å². The van der Waals surface area contributed by atoms with Crippen LogP contribution in [0, 0.1) is 5.92 Å². The van der Waals surface area contributed by atoms with Gasteiger partial charge in [-0.2, -0.15) is 0 Å². The van der Waals surface area contributed by atoms with Gasteiger partial charge in [-0.15, -0.1) is 11.3 Å². The number of hydrogen-bond acceptors (Lipinski definition) is 3. The molecular weight excluding hydrogens is 308 g/mol. The van der Waals surface area contributed by atoms with Crippen molar-refractivity contribution in [2.24, 2.45) is 10.9 Å². The zero-order chi connectivity index (χ0) is 17.3. The molecule has 3 N–H and O–H groups in total. The quantitative estimate of drug-likeness (QED) is 0.387. The minimum absolute atomic E-state index is 0.0162. The number of nitrogens with one attached hydrogen (secondary N) is 3. The van der Waals surface area contributed by atoms with E-state index in [9.17, 15) is 4.79 Å². The Balaban J connectivity index is 2.48. The minimum atomic E-state index is 0.0162. The largest absolute Gasteiger partial charge is 0.357 e. The van der Waals surface area contributed by atoms with Crippen LogP contribution in [-0.2, 0) is 10.2 Å². The smallest absolute Gasteiger partial charge is 0.222 e. The molecule has 5 nitrogen and oxygen atoms in total. The van der Waals surface area contributed by atoms with E-state index in [0.29, 0.717) is 19.6 Å². The van der Waals surface area contributed by atoms with E-state index >= 15 is 0 Å². The Kier molecular flexibility index (Phi) is 8.09. The number of guanidine groups is 1. The summed E-state index contributed by atoms with van der Waals surface area (Å²) in [6.45, 7) is 13.0. The van der Waals surface area contributed by atoms with Crippen molar-refractivity contribution < 1.29 is 4.79 Å². The SMILES string of the molecule is CCNC(=NCC(C)(C)c1cccs1)NCCNC(=O)C(C)C. The Morgan fingerprint density at radius 3 is 2.52 bits per heavy atom. The van der Waals surface area contributed by atoms with Gasteiger partial charge >= 0.3 is 0 Å². The summed E-state index contributed by atoms with van der Waals surface area (Å²) in [6, 6.07) is 4.23. The van der Waals surface area contributed by atoms with E-state index in [1.54, 1.807) is 11.3 Å². The molecule has 0 aliphatic rings. The fraction of sp³-hybridized carbons (Fsp3) is 0.647. The molecule has 0 aliphatic heterocycles. The molecule has 0 saturated carbocycles. The van der Waals surface area contributed by atoms with Crippen LogP contribution >= 0.6 is 11.3 Å². The summed E-state index contributed by atoms with van der Waals surface area (Å²) in [5.41, 5.74) is 0.0162. The molecule has 0 saturated heterocycles. The van der Waals surface area contributed by atoms with Crippen molar-refractivity contribution in [2.75, 3.05) is 26.2 Å². The molecule has 1 heterocycles. The van der Waals surface area contributed by atoms with Crippen LogP contribution < -0.4 is 16.0 Å². The summed E-state index contributed by atoms with van der Waals surface area (Å²) >= 11 is 1.76. The van der Waals surface area contributed by atoms with Crippen molar-refractivity contribution in [3.63, 3.8) is 0 Å². The number of thiophene rings is 1. The maximum Gasteiger partial charge on any atom is 0.222 e. The first-order valence-electron chi connectivity index (χ1n) is 8.20. The molecule has 0 atom stereocenters. The summed E-state index contributed by atoms with van der Waals surface area (Å²) in [7, 11) is 0. The van der Waals surface area contributed by atoms with Gasteiger partial charge in [-0.05, 0) is 18.4 Å². The van der Waals surface area contributed by atoms with Gasteiger partial charge < -0.3 is 16.0 Å². The number of amides is 1. The summed E-state index contributed by atoms with van der Waals surface area (Å²) < 4.78 is 0. The Hall–Kier alpha value is -1.56. The van der Waals surface area contributed by atoms with Gasteiger partial charge in [0.1, 0.15) is 0 Å². The average molecular weight is 339 g/mol. The van der Waals surface area contributed by atoms with Crippen molar-refractivity contribution in [3.05, 3.63) is 22.4 Å². The molecule has 1 amide bonds. The normalized spacial score (nSPS) is 12.3. The molecule has 1 rings (SSSR count). The van der Waals surface area contributed by atoms with Gasteiger partial charge in [-0.25, -0.2) is 0 Å². The maximum atomic E-state index is 11.5. The zero-order valence-electron chi connectivity index (χ0n) is 14.9. The lowest BCUT2D eigenvalue weighted by Crippen LogP contribution is -2.42. The molecule has 1 aromatic heterocycles. The molecule has 0 radical (unpaired) electrons. The third-order valence-electron chi connectivity index (χ3n) is 3.41. The van der Waals surface area contributed by atoms with E-state index in [-0.39, 0.29) is 17.2 Å². The molecule has 6 heteroatoms. The average Bonchev–Trinajstić information content (AvgIpc) is 3.03. The third-order valence-corrected chi connectivity index (χ3v) is 4.64. The van der Waals surface area contributed by atoms with E-state index in [0.717, 1.165) is 12.5 Å². The van der Waals surface area contributed by atoms with Crippen molar-refractivity contribution >= 4 is 23.2 Å². The fourth-order valence-electron chi connectivity index (χ4n) is 1.93. The third kappa shape index (κ3) is 7.03. The number of carbonyl (C=O) groups excluding carboxylic acids is 1. The highest BCUT2D eigenvalue weighted by atomic mass is 32.1. The second-order valence-corrected chi connectivity index (χ2v) is 7.38. The molecule has 0 bridgehead atoms. The lowest BCUT2D eigenvalue weighted by atomic mass is 9.92. The summed E-state index contributed by atoms with van der Waals surface area (Å²) in [4.78, 5) is 17.5. The lowest BCUT2D eigenvalue weighted by molar-refractivity contribution is -0.123. The van der Waals surface area contributed by atoms with Crippen LogP contribution in [0.25, 0.3) is 0 Å². The van der Waals surface area contributed by atoms with E-state index in [2.05, 4.69) is 52.3 Å². The first-order chi connectivity index (χ1) is 10.9. The van der Waals surface area contributed by atoms with E-state index in [4.69, 9.17) is 0 Å². The Morgan fingerprint density at radius 1 is 1.26 bits per heavy atom. The highest BCUT2D eigenvalue weighted by Gasteiger charge is 2.21. The van der Waals surface area contributed by atoms with E-state index < -0.39 is 0 Å². The van der Waals surface area contributed by atoms with Crippen LogP contribution in [-0.4, -0.2) is 38.0 Å². The predicted octanol–water partition coefficient (Wildman–Crippen LogP) is 2.35. The topological polar surface area (TPSA) is 65.5 Å².